The Labute approximate surface area is 163 Å². The molecule has 2 aromatic rings. The number of benzene rings is 2. The number of nitrogens with zero attached hydrogens (tertiary/aromatic N) is 2. The molecule has 7 nitrogen and oxygen atoms in total. The van der Waals surface area contributed by atoms with Crippen molar-refractivity contribution in [3.8, 4) is 5.75 Å². The number of amides is 1. The first-order chi connectivity index (χ1) is 12.7. The maximum absolute atomic E-state index is 12.1. The van der Waals surface area contributed by atoms with Crippen molar-refractivity contribution in [2.24, 2.45) is 5.10 Å². The molecule has 144 valence electrons. The monoisotopic (exact) mass is 409 g/mol. The number of sulfonamides is 1. The van der Waals surface area contributed by atoms with E-state index in [0.717, 1.165) is 21.7 Å². The van der Waals surface area contributed by atoms with Crippen LogP contribution in [0.4, 0.5) is 5.69 Å². The Bertz CT molecular complexity index is 961. The summed E-state index contributed by atoms with van der Waals surface area (Å²) in [4.78, 5) is 12.1. The number of aryl methyl sites for hydroxylation is 1. The van der Waals surface area contributed by atoms with E-state index in [2.05, 4.69) is 10.5 Å². The predicted molar refractivity (Wildman–Crippen MR) is 107 cm³/mol. The second-order valence-electron chi connectivity index (χ2n) is 5.77. The second-order valence-corrected chi connectivity index (χ2v) is 8.09. The van der Waals surface area contributed by atoms with E-state index >= 15 is 0 Å². The van der Waals surface area contributed by atoms with Crippen LogP contribution in [0, 0.1) is 6.92 Å². The smallest absolute Gasteiger partial charge is 0.260 e. The maximum atomic E-state index is 12.1. The molecule has 9 heteroatoms. The molecule has 0 heterocycles. The van der Waals surface area contributed by atoms with Gasteiger partial charge in [-0.3, -0.25) is 9.10 Å². The Hall–Kier alpha value is -2.58. The summed E-state index contributed by atoms with van der Waals surface area (Å²) in [5.74, 6) is 0.0704. The van der Waals surface area contributed by atoms with E-state index < -0.39 is 22.5 Å². The quantitative estimate of drug-likeness (QED) is 0.562. The fourth-order valence-electron chi connectivity index (χ4n) is 2.20. The summed E-state index contributed by atoms with van der Waals surface area (Å²) in [6.07, 6.45) is 2.46. The number of anilines is 1. The summed E-state index contributed by atoms with van der Waals surface area (Å²) in [5.41, 5.74) is 4.15. The van der Waals surface area contributed by atoms with E-state index in [1.807, 2.05) is 0 Å². The van der Waals surface area contributed by atoms with Crippen molar-refractivity contribution in [2.45, 2.75) is 6.92 Å². The topological polar surface area (TPSA) is 88.1 Å². The van der Waals surface area contributed by atoms with Gasteiger partial charge in [-0.15, -0.1) is 0 Å². The van der Waals surface area contributed by atoms with Crippen molar-refractivity contribution in [3.05, 3.63) is 58.6 Å². The van der Waals surface area contributed by atoms with Crippen LogP contribution in [0.25, 0.3) is 0 Å². The van der Waals surface area contributed by atoms with Crippen molar-refractivity contribution < 1.29 is 17.9 Å². The molecule has 0 bridgehead atoms. The summed E-state index contributed by atoms with van der Waals surface area (Å²) in [5, 5.41) is 4.26. The molecule has 1 N–H and O–H groups in total. The van der Waals surface area contributed by atoms with Gasteiger partial charge in [0.1, 0.15) is 12.3 Å². The SMILES string of the molecule is COc1cccc(/C=N\NC(=O)CN(c2ccc(C)c(Cl)c2)S(C)(=O)=O)c1. The summed E-state index contributed by atoms with van der Waals surface area (Å²) in [6.45, 7) is 1.38. The van der Waals surface area contributed by atoms with Crippen molar-refractivity contribution in [1.82, 2.24) is 5.43 Å². The van der Waals surface area contributed by atoms with Crippen LogP contribution in [0.3, 0.4) is 0 Å². The Morgan fingerprint density at radius 3 is 2.67 bits per heavy atom. The molecule has 2 aromatic carbocycles. The van der Waals surface area contributed by atoms with Gasteiger partial charge in [-0.2, -0.15) is 5.10 Å². The Balaban J connectivity index is 2.10. The molecule has 1 amide bonds. The molecular weight excluding hydrogens is 390 g/mol. The average Bonchev–Trinajstić information content (AvgIpc) is 2.61. The van der Waals surface area contributed by atoms with E-state index in [0.29, 0.717) is 16.5 Å². The molecule has 0 aliphatic carbocycles. The van der Waals surface area contributed by atoms with Crippen LogP contribution in [0.2, 0.25) is 5.02 Å². The minimum absolute atomic E-state index is 0.306. The van der Waals surface area contributed by atoms with Crippen LogP contribution in [0.1, 0.15) is 11.1 Å². The van der Waals surface area contributed by atoms with Crippen LogP contribution < -0.4 is 14.5 Å². The number of hydrogen-bond donors (Lipinski definition) is 1. The first-order valence-corrected chi connectivity index (χ1v) is 10.1. The van der Waals surface area contributed by atoms with Crippen LogP contribution in [-0.2, 0) is 14.8 Å². The zero-order valence-corrected chi connectivity index (χ0v) is 16.7. The first kappa shape index (κ1) is 20.7. The van der Waals surface area contributed by atoms with Gasteiger partial charge < -0.3 is 4.74 Å². The van der Waals surface area contributed by atoms with Crippen LogP contribution in [-0.4, -0.2) is 40.4 Å². The Morgan fingerprint density at radius 1 is 1.30 bits per heavy atom. The van der Waals surface area contributed by atoms with Crippen molar-refractivity contribution in [3.63, 3.8) is 0 Å². The van der Waals surface area contributed by atoms with Gasteiger partial charge in [0.15, 0.2) is 0 Å². The van der Waals surface area contributed by atoms with Crippen LogP contribution in [0.5, 0.6) is 5.75 Å². The summed E-state index contributed by atoms with van der Waals surface area (Å²) < 4.78 is 30.2. The number of carbonyl (C=O) groups is 1. The number of carbonyl (C=O) groups excluding carboxylic acids is 1. The number of rotatable bonds is 7. The highest BCUT2D eigenvalue weighted by Crippen LogP contribution is 2.24. The van der Waals surface area contributed by atoms with Gasteiger partial charge in [0, 0.05) is 5.02 Å². The molecule has 0 atom stereocenters. The van der Waals surface area contributed by atoms with Crippen molar-refractivity contribution in [2.75, 3.05) is 24.2 Å². The van der Waals surface area contributed by atoms with E-state index in [9.17, 15) is 13.2 Å². The number of halogens is 1. The third-order valence-electron chi connectivity index (χ3n) is 3.63. The van der Waals surface area contributed by atoms with Gasteiger partial charge in [0.25, 0.3) is 5.91 Å². The number of nitrogens with one attached hydrogen (secondary N) is 1. The first-order valence-electron chi connectivity index (χ1n) is 7.90. The Morgan fingerprint density at radius 2 is 2.04 bits per heavy atom. The lowest BCUT2D eigenvalue weighted by molar-refractivity contribution is -0.119. The third-order valence-corrected chi connectivity index (χ3v) is 5.18. The van der Waals surface area contributed by atoms with Gasteiger partial charge in [0.05, 0.1) is 25.3 Å². The van der Waals surface area contributed by atoms with Crippen LogP contribution in [0.15, 0.2) is 47.6 Å². The molecule has 0 fully saturated rings. The fraction of sp³-hybridized carbons (Fsp3) is 0.222. The number of methoxy groups -OCH3 is 1. The largest absolute Gasteiger partial charge is 0.497 e. The number of ether oxygens (including phenoxy) is 1. The number of hydrazone groups is 1. The summed E-state index contributed by atoms with van der Waals surface area (Å²) >= 11 is 6.06. The molecule has 0 aliphatic heterocycles. The van der Waals surface area contributed by atoms with Gasteiger partial charge >= 0.3 is 0 Å². The lowest BCUT2D eigenvalue weighted by Gasteiger charge is -2.21. The molecule has 0 aromatic heterocycles. The fourth-order valence-corrected chi connectivity index (χ4v) is 3.23. The van der Waals surface area contributed by atoms with E-state index in [1.54, 1.807) is 50.4 Å². The normalized spacial score (nSPS) is 11.4. The lowest BCUT2D eigenvalue weighted by Crippen LogP contribution is -2.39. The van der Waals surface area contributed by atoms with Crippen LogP contribution >= 0.6 is 11.6 Å². The van der Waals surface area contributed by atoms with Gasteiger partial charge in [-0.05, 0) is 42.3 Å². The van der Waals surface area contributed by atoms with E-state index in [4.69, 9.17) is 16.3 Å². The molecule has 2 rings (SSSR count). The van der Waals surface area contributed by atoms with Gasteiger partial charge in [0.2, 0.25) is 10.0 Å². The minimum Gasteiger partial charge on any atom is -0.497 e. The molecule has 0 unspecified atom stereocenters. The van der Waals surface area contributed by atoms with Gasteiger partial charge in [-0.25, -0.2) is 13.8 Å². The predicted octanol–water partition coefficient (Wildman–Crippen LogP) is 2.57. The molecule has 0 saturated heterocycles. The zero-order chi connectivity index (χ0) is 20.0. The van der Waals surface area contributed by atoms with Crippen molar-refractivity contribution in [1.29, 1.82) is 0 Å². The summed E-state index contributed by atoms with van der Waals surface area (Å²) in [6, 6.07) is 11.9. The third kappa shape index (κ3) is 5.97. The second kappa shape index (κ2) is 8.88. The molecular formula is C18H20ClN3O4S. The molecule has 27 heavy (non-hydrogen) atoms. The molecule has 0 radical (unpaired) electrons. The zero-order valence-electron chi connectivity index (χ0n) is 15.1. The lowest BCUT2D eigenvalue weighted by atomic mass is 10.2. The standard InChI is InChI=1S/C18H20ClN3O4S/c1-13-7-8-15(10-17(13)19)22(27(3,24)25)12-18(23)21-20-11-14-5-4-6-16(9-14)26-2/h4-11H,12H2,1-3H3,(H,21,23)/b20-11-. The minimum atomic E-state index is -3.68. The number of hydrogen-bond acceptors (Lipinski definition) is 5. The maximum Gasteiger partial charge on any atom is 0.260 e. The van der Waals surface area contributed by atoms with E-state index in [1.165, 1.54) is 12.3 Å². The van der Waals surface area contributed by atoms with Crippen molar-refractivity contribution >= 4 is 39.4 Å². The molecule has 0 spiro atoms. The highest BCUT2D eigenvalue weighted by atomic mass is 35.5. The average molecular weight is 410 g/mol. The Kier molecular flexibility index (Phi) is 6.81. The van der Waals surface area contributed by atoms with Gasteiger partial charge in [-0.1, -0.05) is 29.8 Å². The highest BCUT2D eigenvalue weighted by molar-refractivity contribution is 7.92. The highest BCUT2D eigenvalue weighted by Gasteiger charge is 2.21. The molecule has 0 aliphatic rings. The summed E-state index contributed by atoms with van der Waals surface area (Å²) in [7, 11) is -2.13. The molecule has 0 saturated carbocycles. The van der Waals surface area contributed by atoms with E-state index in [-0.39, 0.29) is 0 Å².